The lowest BCUT2D eigenvalue weighted by molar-refractivity contribution is -0.277. The molecule has 5 aromatic rings. The third-order valence-corrected chi connectivity index (χ3v) is 20.9. The van der Waals surface area contributed by atoms with E-state index in [-0.39, 0.29) is 92.3 Å². The van der Waals surface area contributed by atoms with Gasteiger partial charge in [0.25, 0.3) is 0 Å². The summed E-state index contributed by atoms with van der Waals surface area (Å²) in [5.74, 6) is -17.9. The number of hydrogen-bond donors (Lipinski definition) is 14. The maximum absolute atomic E-state index is 16.4. The number of nitrogens with zero attached hydrogens (tertiary/aromatic N) is 2. The van der Waals surface area contributed by atoms with Gasteiger partial charge in [0.1, 0.15) is 89.5 Å². The number of aliphatic hydroxyl groups is 6. The lowest BCUT2D eigenvalue weighted by Gasteiger charge is -2.39. The molecule has 7 aliphatic rings. The van der Waals surface area contributed by atoms with Crippen molar-refractivity contribution in [3.05, 3.63) is 117 Å². The number of halogens is 2. The van der Waals surface area contributed by atoms with Crippen LogP contribution in [0, 0.1) is 17.8 Å². The van der Waals surface area contributed by atoms with E-state index in [0.29, 0.717) is 32.4 Å². The second-order valence-corrected chi connectivity index (χ2v) is 29.5. The van der Waals surface area contributed by atoms with Crippen molar-refractivity contribution in [1.82, 2.24) is 36.4 Å². The SMILES string of the molecule is CCCCCCCCCC(=O)NC(=O)C[C@@H]1CC(=O)[C@H](NC(=O)[C@H](CC)CC(C)C)[C@H](O)c2ccc(c(Cl)c2)Oc2cc3cc(c2O[C@@H]2O[C@H](CO)[C@@H](O)[C@H](O)[C@H]2O)Oc2ccc(cc2Cl)[C@@H](O)[C@@H]2NC(=O)[C@H](CC(=O)[C@@H]3NC1=O)c1ccc(O)c(c1)-c1c(O)cc(O)cc1[C@@H](C(=O)N1CCN(C)CC1)NC2=O. The van der Waals surface area contributed by atoms with Crippen LogP contribution in [0.25, 0.3) is 11.1 Å². The molecular weight excluding hydrogens is 1450 g/mol. The number of hydrogen-bond acceptors (Lipinski definition) is 23. The van der Waals surface area contributed by atoms with Crippen LogP contribution < -0.4 is 40.8 Å². The van der Waals surface area contributed by atoms with Gasteiger partial charge in [0.15, 0.2) is 23.1 Å². The molecule has 0 aromatic heterocycles. The summed E-state index contributed by atoms with van der Waals surface area (Å²) in [7, 11) is 1.83. The predicted octanol–water partition coefficient (Wildman–Crippen LogP) is 6.27. The summed E-state index contributed by atoms with van der Waals surface area (Å²) in [6, 6.07) is 6.88. The van der Waals surface area contributed by atoms with Crippen molar-refractivity contribution in [3.63, 3.8) is 0 Å². The Kier molecular flexibility index (Phi) is 27.2. The number of Topliss-reactive ketones (excluding diaryl/α,β-unsaturated/α-hetero) is 2. The highest BCUT2D eigenvalue weighted by molar-refractivity contribution is 6.32. The van der Waals surface area contributed by atoms with E-state index in [2.05, 4.69) is 33.5 Å². The summed E-state index contributed by atoms with van der Waals surface area (Å²) >= 11 is 14.2. The standard InChI is InChI=1S/C77H93Cl2N7O22/c1-6-8-9-10-11-12-13-14-59(93)80-60(94)32-43-29-52(91)64(83-72(100)38(7-2)25-37(3)4)66(95)40-16-19-54(48(78)27-40)105-56-30-42-31-57(71(56)108-77-70(99)69(98)68(97)58(36-87)107-77)106-55-20-17-41(28-49(55)79)67(96)65-75(103)82-63(76(104)86-23-21-85(5)22-24-86)47-33-44(88)34-51(90)61(47)46-26-39(15-18-50(46)89)45(74(102)84-65)35-53(92)62(42)81-73(43)101/h15-20,26-28,30-31,33-34,37-38,43,45,58,62-70,77,87-90,95-99H,6-14,21-25,29,32,35-36H2,1-5H3,(H,81,101)(H,82,103)(H,83,100)(H,84,102)(H,80,93,94)/t38-,43+,45-,58-,62-,63+,64+,65+,66-,67-,68-,69+,70-,77+/m1/s1. The number of carbonyl (C=O) groups is 9. The van der Waals surface area contributed by atoms with Crippen LogP contribution in [0.1, 0.15) is 169 Å². The van der Waals surface area contributed by atoms with Crippen molar-refractivity contribution in [3.8, 4) is 57.1 Å². The second kappa shape index (κ2) is 36.0. The number of carbonyl (C=O) groups excluding carboxylic acids is 9. The molecule has 14 atom stereocenters. The molecular formula is C77H93Cl2N7O22. The molecule has 2 saturated heterocycles. The number of piperazine rings is 1. The van der Waals surface area contributed by atoms with E-state index in [4.69, 9.17) is 42.1 Å². The lowest BCUT2D eigenvalue weighted by Crippen LogP contribution is -2.60. The number of amides is 7. The molecule has 108 heavy (non-hydrogen) atoms. The third-order valence-electron chi connectivity index (χ3n) is 20.3. The number of phenolic OH excluding ortho intramolecular Hbond substituents is 3. The smallest absolute Gasteiger partial charge is 0.249 e. The summed E-state index contributed by atoms with van der Waals surface area (Å²) in [5.41, 5.74) is -1.72. The summed E-state index contributed by atoms with van der Waals surface area (Å²) in [6.45, 7) is 7.70. The Balaban J connectivity index is 1.20. The van der Waals surface area contributed by atoms with Crippen molar-refractivity contribution >= 4 is 76.1 Å². The zero-order chi connectivity index (χ0) is 78.1. The average Bonchev–Trinajstić information content (AvgIpc) is 0.764. The Labute approximate surface area is 633 Å². The van der Waals surface area contributed by atoms with E-state index in [1.54, 1.807) is 6.92 Å². The van der Waals surface area contributed by atoms with Gasteiger partial charge in [-0.15, -0.1) is 0 Å². The number of nitrogens with one attached hydrogen (secondary N) is 5. The van der Waals surface area contributed by atoms with Gasteiger partial charge in [0.05, 0.1) is 28.5 Å². The molecule has 0 radical (unpaired) electrons. The Morgan fingerprint density at radius 3 is 1.90 bits per heavy atom. The number of rotatable bonds is 19. The second-order valence-electron chi connectivity index (χ2n) is 28.7. The molecule has 7 heterocycles. The first-order valence-corrected chi connectivity index (χ1v) is 37.1. The number of likely N-dealkylation sites (N-methyl/N-ethyl adjacent to an activating group) is 1. The van der Waals surface area contributed by atoms with Crippen molar-refractivity contribution in [2.45, 2.75) is 184 Å². The summed E-state index contributed by atoms with van der Waals surface area (Å²) < 4.78 is 25.4. The van der Waals surface area contributed by atoms with Gasteiger partial charge in [-0.05, 0) is 115 Å². The van der Waals surface area contributed by atoms with Crippen molar-refractivity contribution < 1.29 is 108 Å². The number of imide groups is 1. The number of fused-ring (bicyclic) bond motifs is 15. The van der Waals surface area contributed by atoms with Gasteiger partial charge < -0.3 is 96.0 Å². The molecule has 12 rings (SSSR count). The molecule has 7 aliphatic heterocycles. The molecule has 5 aromatic carbocycles. The molecule has 0 aliphatic carbocycles. The van der Waals surface area contributed by atoms with E-state index in [1.165, 1.54) is 47.4 Å². The highest BCUT2D eigenvalue weighted by Gasteiger charge is 2.47. The van der Waals surface area contributed by atoms with E-state index in [9.17, 15) is 60.3 Å². The first kappa shape index (κ1) is 81.5. The fourth-order valence-corrected chi connectivity index (χ4v) is 14.6. The summed E-state index contributed by atoms with van der Waals surface area (Å²) in [6.07, 6.45) is -10.5. The molecule has 7 amide bonds. The van der Waals surface area contributed by atoms with Crippen LogP contribution in [0.3, 0.4) is 0 Å². The first-order chi connectivity index (χ1) is 51.5. The number of ether oxygens (including phenoxy) is 4. The van der Waals surface area contributed by atoms with Gasteiger partial charge in [0.2, 0.25) is 53.4 Å². The molecule has 0 spiro atoms. The van der Waals surface area contributed by atoms with Crippen LogP contribution in [-0.4, -0.2) is 191 Å². The monoisotopic (exact) mass is 1540 g/mol. The van der Waals surface area contributed by atoms with Gasteiger partial charge in [-0.25, -0.2) is 0 Å². The van der Waals surface area contributed by atoms with E-state index in [0.717, 1.165) is 68.5 Å². The zero-order valence-corrected chi connectivity index (χ0v) is 61.9. The first-order valence-electron chi connectivity index (χ1n) is 36.4. The van der Waals surface area contributed by atoms with Gasteiger partial charge in [-0.3, -0.25) is 48.5 Å². The highest BCUT2D eigenvalue weighted by atomic mass is 35.5. The van der Waals surface area contributed by atoms with E-state index >= 15 is 28.8 Å². The summed E-state index contributed by atoms with van der Waals surface area (Å²) in [5, 5.41) is 116. The Morgan fingerprint density at radius 2 is 1.28 bits per heavy atom. The molecule has 31 heteroatoms. The minimum atomic E-state index is -2.19. The van der Waals surface area contributed by atoms with Crippen molar-refractivity contribution in [2.24, 2.45) is 17.8 Å². The van der Waals surface area contributed by atoms with Crippen LogP contribution in [-0.2, 0) is 47.9 Å². The van der Waals surface area contributed by atoms with Crippen LogP contribution in [0.5, 0.6) is 46.0 Å². The maximum atomic E-state index is 16.4. The summed E-state index contributed by atoms with van der Waals surface area (Å²) in [4.78, 5) is 140. The molecule has 0 saturated carbocycles. The number of aliphatic hydroxyl groups excluding tert-OH is 6. The number of phenols is 3. The number of benzene rings is 5. The van der Waals surface area contributed by atoms with Crippen LogP contribution in [0.4, 0.5) is 0 Å². The van der Waals surface area contributed by atoms with Gasteiger partial charge in [0, 0.05) is 75.0 Å². The fraction of sp³-hybridized carbons (Fsp3) is 0.494. The predicted molar refractivity (Wildman–Crippen MR) is 389 cm³/mol. The van der Waals surface area contributed by atoms with Gasteiger partial charge >= 0.3 is 0 Å². The molecule has 14 N–H and O–H groups in total. The highest BCUT2D eigenvalue weighted by Crippen LogP contribution is 2.50. The quantitative estimate of drug-likeness (QED) is 0.0405. The van der Waals surface area contributed by atoms with Crippen LogP contribution in [0.2, 0.25) is 10.0 Å². The zero-order valence-electron chi connectivity index (χ0n) is 60.4. The normalized spacial score (nSPS) is 25.1. The number of unbranched alkanes of at least 4 members (excludes halogenated alkanes) is 6. The molecule has 0 unspecified atom stereocenters. The molecule has 582 valence electrons. The van der Waals surface area contributed by atoms with Crippen molar-refractivity contribution in [2.75, 3.05) is 39.8 Å². The van der Waals surface area contributed by atoms with E-state index in [1.807, 2.05) is 25.8 Å². The third kappa shape index (κ3) is 19.0. The Morgan fingerprint density at radius 1 is 0.648 bits per heavy atom. The van der Waals surface area contributed by atoms with Crippen LogP contribution in [0.15, 0.2) is 78.9 Å². The molecule has 2 fully saturated rings. The van der Waals surface area contributed by atoms with E-state index < -0.39 is 198 Å². The lowest BCUT2D eigenvalue weighted by atomic mass is 9.84. The Bertz CT molecular complexity index is 4190. The number of ketones is 2. The number of aromatic hydroxyl groups is 3. The largest absolute Gasteiger partial charge is 0.508 e. The molecule has 29 nitrogen and oxygen atoms in total. The maximum Gasteiger partial charge on any atom is 0.249 e. The fourth-order valence-electron chi connectivity index (χ4n) is 14.2. The topological polar surface area (TPSA) is 439 Å². The van der Waals surface area contributed by atoms with Crippen LogP contribution >= 0.6 is 23.2 Å². The minimum Gasteiger partial charge on any atom is -0.508 e. The molecule has 11 bridgehead atoms. The van der Waals surface area contributed by atoms with Gasteiger partial charge in [-0.1, -0.05) is 108 Å². The average molecular weight is 1540 g/mol. The minimum absolute atomic E-state index is 0.0212. The Hall–Kier alpha value is -9.01. The van der Waals surface area contributed by atoms with Gasteiger partial charge in [-0.2, -0.15) is 0 Å². The van der Waals surface area contributed by atoms with Crippen molar-refractivity contribution in [1.29, 1.82) is 0 Å².